The first kappa shape index (κ1) is 33.2. The molecule has 11 heteroatoms. The van der Waals surface area contributed by atoms with E-state index in [9.17, 15) is 14.3 Å². The summed E-state index contributed by atoms with van der Waals surface area (Å²) in [4.78, 5) is 19.9. The first-order valence-corrected chi connectivity index (χ1v) is 15.0. The number of ether oxygens (including phenoxy) is 1. The Morgan fingerprint density at radius 1 is 1.20 bits per heavy atom. The lowest BCUT2D eigenvalue weighted by atomic mass is 9.83. The van der Waals surface area contributed by atoms with Crippen molar-refractivity contribution in [3.05, 3.63) is 68.8 Å². The predicted molar refractivity (Wildman–Crippen MR) is 159 cm³/mol. The number of nitrogens with zero attached hydrogens (tertiary/aromatic N) is 2. The number of fused-ring (bicyclic) bond motifs is 1. The number of nitro groups is 1. The molecule has 1 aromatic carbocycles. The van der Waals surface area contributed by atoms with Gasteiger partial charge in [0.25, 0.3) is 12.2 Å². The second-order valence-corrected chi connectivity index (χ2v) is 12.4. The number of carbonyl (C=O) groups is 1. The monoisotopic (exact) mass is 576 g/mol. The normalized spacial score (nSPS) is 24.1. The summed E-state index contributed by atoms with van der Waals surface area (Å²) < 4.78 is 18.2. The molecule has 40 heavy (non-hydrogen) atoms. The van der Waals surface area contributed by atoms with Gasteiger partial charge in [-0.25, -0.2) is 5.84 Å². The zero-order valence-corrected chi connectivity index (χ0v) is 24.8. The zero-order chi connectivity index (χ0) is 29.9. The highest BCUT2D eigenvalue weighted by atomic mass is 32.2. The topological polar surface area (TPSA) is 162 Å². The lowest BCUT2D eigenvalue weighted by molar-refractivity contribution is -0.384. The minimum Gasteiger partial charge on any atom is -0.490 e. The zero-order valence-electron chi connectivity index (χ0n) is 24.0. The highest BCUT2D eigenvalue weighted by Crippen LogP contribution is 2.38. The molecule has 1 heterocycles. The van der Waals surface area contributed by atoms with Gasteiger partial charge in [0, 0.05) is 39.9 Å². The molecule has 2 atom stereocenters. The van der Waals surface area contributed by atoms with Gasteiger partial charge in [0.15, 0.2) is 0 Å². The third-order valence-electron chi connectivity index (χ3n) is 7.23. The van der Waals surface area contributed by atoms with Crippen LogP contribution in [0.3, 0.4) is 0 Å². The quantitative estimate of drug-likeness (QED) is 0.175. The maximum Gasteiger partial charge on any atom is 0.290 e. The number of nitro benzene ring substituents is 1. The van der Waals surface area contributed by atoms with Crippen molar-refractivity contribution in [2.45, 2.75) is 77.4 Å². The standard InChI is InChI=1S/C27H37N3O4S.CH5N.CH2O2/c1-27(2,3)29(28)25(14-4-19-5-15-26-21(18-19)16-17-35(26)33)20-6-10-23(11-7-20)34-24-12-8-22(9-13-24)30(31)32;1-2;2-1-3/h8-9,12-15,18-20,23H,4-7,10-11,16-17,28H2,1-3H3;2H2,1H3;1H,(H,2,3)/b25-14-;;. The van der Waals surface area contributed by atoms with Crippen LogP contribution >= 0.6 is 0 Å². The summed E-state index contributed by atoms with van der Waals surface area (Å²) in [5, 5.41) is 19.7. The van der Waals surface area contributed by atoms with Crippen molar-refractivity contribution in [1.29, 1.82) is 0 Å². The highest BCUT2D eigenvalue weighted by molar-refractivity contribution is 7.89. The van der Waals surface area contributed by atoms with Crippen LogP contribution in [0.4, 0.5) is 5.69 Å². The SMILES string of the molecule is CC(C)(C)N(N)/C(=C\CC1C=C2CCS(=O)C2=CC1)C1CCC(Oc2ccc([N+](=O)[O-])cc2)CC1.CN.O=CO. The maximum atomic E-state index is 12.1. The van der Waals surface area contributed by atoms with E-state index in [1.54, 1.807) is 12.1 Å². The van der Waals surface area contributed by atoms with Crippen molar-refractivity contribution in [2.24, 2.45) is 23.4 Å². The average molecular weight is 577 g/mol. The van der Waals surface area contributed by atoms with Gasteiger partial charge in [-0.05, 0) is 96.4 Å². The molecule has 3 aliphatic rings. The molecule has 2 fully saturated rings. The van der Waals surface area contributed by atoms with E-state index in [0.717, 1.165) is 55.6 Å². The van der Waals surface area contributed by atoms with Gasteiger partial charge in [-0.3, -0.25) is 19.1 Å². The van der Waals surface area contributed by atoms with Gasteiger partial charge in [-0.15, -0.1) is 0 Å². The lowest BCUT2D eigenvalue weighted by Crippen LogP contribution is -2.48. The third-order valence-corrected chi connectivity index (χ3v) is 8.73. The summed E-state index contributed by atoms with van der Waals surface area (Å²) in [6.45, 7) is 6.15. The molecule has 222 valence electrons. The Kier molecular flexibility index (Phi) is 13.0. The summed E-state index contributed by atoms with van der Waals surface area (Å²) in [5.41, 5.74) is 6.87. The van der Waals surface area contributed by atoms with Crippen molar-refractivity contribution in [1.82, 2.24) is 5.01 Å². The molecule has 0 aromatic heterocycles. The Morgan fingerprint density at radius 2 is 1.80 bits per heavy atom. The van der Waals surface area contributed by atoms with Crippen molar-refractivity contribution in [3.8, 4) is 5.75 Å². The summed E-state index contributed by atoms with van der Waals surface area (Å²) >= 11 is 0. The maximum absolute atomic E-state index is 12.1. The van der Waals surface area contributed by atoms with E-state index in [4.69, 9.17) is 20.5 Å². The lowest BCUT2D eigenvalue weighted by Gasteiger charge is -2.40. The number of carboxylic acid groups (broad SMARTS) is 1. The largest absolute Gasteiger partial charge is 0.490 e. The van der Waals surface area contributed by atoms with Crippen LogP contribution in [0.1, 0.15) is 65.7 Å². The number of non-ortho nitro benzene ring substituents is 1. The van der Waals surface area contributed by atoms with E-state index in [1.165, 1.54) is 30.5 Å². The second-order valence-electron chi connectivity index (χ2n) is 10.9. The van der Waals surface area contributed by atoms with Crippen LogP contribution in [0.5, 0.6) is 5.75 Å². The molecule has 10 nitrogen and oxygen atoms in total. The van der Waals surface area contributed by atoms with E-state index in [0.29, 0.717) is 17.6 Å². The fraction of sp³-hybridized carbons (Fsp3) is 0.552. The number of nitrogens with two attached hydrogens (primary N) is 2. The minimum atomic E-state index is -0.804. The molecule has 0 amide bonds. The highest BCUT2D eigenvalue weighted by Gasteiger charge is 2.31. The van der Waals surface area contributed by atoms with Gasteiger partial charge in [0.2, 0.25) is 0 Å². The molecule has 1 saturated heterocycles. The van der Waals surface area contributed by atoms with Gasteiger partial charge >= 0.3 is 0 Å². The molecular weight excluding hydrogens is 532 g/mol. The van der Waals surface area contributed by atoms with Gasteiger partial charge < -0.3 is 20.6 Å². The molecule has 1 aromatic rings. The molecule has 1 saturated carbocycles. The van der Waals surface area contributed by atoms with Gasteiger partial charge in [-0.2, -0.15) is 0 Å². The van der Waals surface area contributed by atoms with E-state index < -0.39 is 15.7 Å². The van der Waals surface area contributed by atoms with Crippen LogP contribution in [-0.4, -0.2) is 50.2 Å². The summed E-state index contributed by atoms with van der Waals surface area (Å²) in [6, 6.07) is 6.32. The smallest absolute Gasteiger partial charge is 0.290 e. The number of benzene rings is 1. The van der Waals surface area contributed by atoms with E-state index >= 15 is 0 Å². The number of hydrogen-bond donors (Lipinski definition) is 3. The van der Waals surface area contributed by atoms with Crippen LogP contribution in [0.15, 0.2) is 58.7 Å². The van der Waals surface area contributed by atoms with Crippen molar-refractivity contribution in [3.63, 3.8) is 0 Å². The van der Waals surface area contributed by atoms with E-state index in [1.807, 2.05) is 5.01 Å². The Morgan fingerprint density at radius 3 is 2.35 bits per heavy atom. The summed E-state index contributed by atoms with van der Waals surface area (Å²) in [7, 11) is 0.696. The molecule has 0 bridgehead atoms. The number of rotatable bonds is 7. The summed E-state index contributed by atoms with van der Waals surface area (Å²) in [5.74, 6) is 8.89. The predicted octanol–water partition coefficient (Wildman–Crippen LogP) is 5.04. The van der Waals surface area contributed by atoms with Gasteiger partial charge in [-0.1, -0.05) is 18.2 Å². The van der Waals surface area contributed by atoms with Crippen molar-refractivity contribution >= 4 is 23.0 Å². The van der Waals surface area contributed by atoms with E-state index in [2.05, 4.69) is 44.7 Å². The minimum absolute atomic E-state index is 0.0718. The van der Waals surface area contributed by atoms with Crippen LogP contribution in [0.2, 0.25) is 0 Å². The Balaban J connectivity index is 0.00000105. The van der Waals surface area contributed by atoms with Crippen LogP contribution in [0.25, 0.3) is 0 Å². The van der Waals surface area contributed by atoms with Gasteiger partial charge in [0.1, 0.15) is 5.75 Å². The molecule has 0 radical (unpaired) electrons. The molecule has 0 spiro atoms. The number of hydrazine groups is 1. The third kappa shape index (κ3) is 9.28. The van der Waals surface area contributed by atoms with Crippen LogP contribution in [-0.2, 0) is 15.6 Å². The van der Waals surface area contributed by atoms with Crippen LogP contribution in [0, 0.1) is 22.0 Å². The molecule has 2 aliphatic carbocycles. The first-order valence-electron chi connectivity index (χ1n) is 13.6. The Hall–Kier alpha value is -3.02. The molecule has 5 N–H and O–H groups in total. The summed E-state index contributed by atoms with van der Waals surface area (Å²) in [6.07, 6.45) is 13.6. The number of hydrogen-bond acceptors (Lipinski definition) is 8. The number of allylic oxidation sites excluding steroid dienone is 5. The molecule has 1 aliphatic heterocycles. The fourth-order valence-corrected chi connectivity index (χ4v) is 6.55. The molecule has 4 rings (SSSR count). The molecular formula is C29H44N4O6S. The van der Waals surface area contributed by atoms with Gasteiger partial charge in [0.05, 0.1) is 21.8 Å². The fourth-order valence-electron chi connectivity index (χ4n) is 5.18. The Labute approximate surface area is 239 Å². The second kappa shape index (κ2) is 15.7. The van der Waals surface area contributed by atoms with Crippen molar-refractivity contribution < 1.29 is 23.8 Å². The first-order chi connectivity index (χ1) is 19.0. The molecule has 2 unspecified atom stereocenters. The van der Waals surface area contributed by atoms with Crippen molar-refractivity contribution in [2.75, 3.05) is 12.8 Å². The average Bonchev–Trinajstić information content (AvgIpc) is 3.30. The Bertz CT molecular complexity index is 1100. The van der Waals surface area contributed by atoms with E-state index in [-0.39, 0.29) is 23.8 Å². The van der Waals surface area contributed by atoms with Crippen LogP contribution < -0.4 is 16.3 Å².